The number of benzene rings is 2. The summed E-state index contributed by atoms with van der Waals surface area (Å²) >= 11 is 0. The Hall–Kier alpha value is -2.01. The fourth-order valence-corrected chi connectivity index (χ4v) is 3.76. The first-order valence-corrected chi connectivity index (χ1v) is 10.1. The number of ether oxygens (including phenoxy) is 2. The van der Waals surface area contributed by atoms with Crippen LogP contribution in [0, 0.1) is 23.4 Å². The van der Waals surface area contributed by atoms with Gasteiger partial charge in [-0.1, -0.05) is 31.9 Å². The minimum Gasteiger partial charge on any atom is -0.494 e. The Morgan fingerprint density at radius 3 is 2.43 bits per heavy atom. The van der Waals surface area contributed by atoms with Crippen molar-refractivity contribution < 1.29 is 22.6 Å². The van der Waals surface area contributed by atoms with Crippen molar-refractivity contribution in [3.63, 3.8) is 0 Å². The van der Waals surface area contributed by atoms with Gasteiger partial charge in [0.25, 0.3) is 0 Å². The number of hydrogen-bond donors (Lipinski definition) is 0. The highest BCUT2D eigenvalue weighted by Crippen LogP contribution is 2.37. The minimum absolute atomic E-state index is 0.00981. The Morgan fingerprint density at radius 2 is 1.79 bits per heavy atom. The van der Waals surface area contributed by atoms with Gasteiger partial charge in [0.1, 0.15) is 11.6 Å². The monoisotopic (exact) mass is 392 g/mol. The van der Waals surface area contributed by atoms with Gasteiger partial charge in [0, 0.05) is 22.8 Å². The normalized spacial score (nSPS) is 19.6. The van der Waals surface area contributed by atoms with E-state index < -0.39 is 23.6 Å². The zero-order chi connectivity index (χ0) is 20.1. The van der Waals surface area contributed by atoms with Crippen LogP contribution < -0.4 is 4.74 Å². The molecule has 1 fully saturated rings. The Labute approximate surface area is 164 Å². The van der Waals surface area contributed by atoms with E-state index in [-0.39, 0.29) is 16.7 Å². The predicted molar refractivity (Wildman–Crippen MR) is 104 cm³/mol. The Kier molecular flexibility index (Phi) is 7.00. The molecule has 1 aliphatic rings. The van der Waals surface area contributed by atoms with Crippen LogP contribution >= 0.6 is 0 Å². The zero-order valence-corrected chi connectivity index (χ0v) is 16.4. The molecule has 5 heteroatoms. The lowest BCUT2D eigenvalue weighted by Crippen LogP contribution is -2.21. The molecule has 0 bridgehead atoms. The van der Waals surface area contributed by atoms with Crippen molar-refractivity contribution in [1.82, 2.24) is 0 Å². The highest BCUT2D eigenvalue weighted by Gasteiger charge is 2.27. The molecule has 0 N–H and O–H groups in total. The van der Waals surface area contributed by atoms with Crippen molar-refractivity contribution >= 4 is 0 Å². The molecule has 0 aromatic heterocycles. The molecule has 2 atom stereocenters. The largest absolute Gasteiger partial charge is 0.494 e. The maximum Gasteiger partial charge on any atom is 0.167 e. The Bertz CT molecular complexity index is 799. The molecule has 0 spiro atoms. The molecular formula is C23H27F3O2. The van der Waals surface area contributed by atoms with Crippen LogP contribution in [-0.2, 0) is 4.74 Å². The maximum absolute atomic E-state index is 14.8. The van der Waals surface area contributed by atoms with Gasteiger partial charge in [0.2, 0.25) is 0 Å². The van der Waals surface area contributed by atoms with E-state index in [1.54, 1.807) is 13.0 Å². The van der Waals surface area contributed by atoms with E-state index in [0.717, 1.165) is 25.7 Å². The number of rotatable bonds is 7. The van der Waals surface area contributed by atoms with Crippen LogP contribution in [0.2, 0.25) is 0 Å². The summed E-state index contributed by atoms with van der Waals surface area (Å²) in [6.07, 6.45) is 4.57. The summed E-state index contributed by atoms with van der Waals surface area (Å²) in [5.74, 6) is -1.81. The standard InChI is InChI=1S/C23H27F3O2/c1-3-5-6-15-7-12-21(28-14-15)19-11-10-18(22(25)23(19)26)17-9-8-16(27-4-2)13-20(17)24/h8-11,13,15,21H,3-7,12,14H2,1-2H3. The quantitative estimate of drug-likeness (QED) is 0.514. The van der Waals surface area contributed by atoms with Gasteiger partial charge < -0.3 is 9.47 Å². The summed E-state index contributed by atoms with van der Waals surface area (Å²) < 4.78 is 54.9. The zero-order valence-electron chi connectivity index (χ0n) is 16.4. The average Bonchev–Trinajstić information content (AvgIpc) is 2.70. The number of unbranched alkanes of at least 4 members (excludes halogenated alkanes) is 1. The lowest BCUT2D eigenvalue weighted by atomic mass is 9.90. The SMILES string of the molecule is CCCCC1CCC(c2ccc(-c3ccc(OCC)cc3F)c(F)c2F)OC1. The second kappa shape index (κ2) is 9.46. The fourth-order valence-electron chi connectivity index (χ4n) is 3.76. The maximum atomic E-state index is 14.8. The lowest BCUT2D eigenvalue weighted by Gasteiger charge is -2.29. The van der Waals surface area contributed by atoms with Crippen molar-refractivity contribution in [2.24, 2.45) is 5.92 Å². The third-order valence-electron chi connectivity index (χ3n) is 5.34. The van der Waals surface area contributed by atoms with E-state index in [1.807, 2.05) is 0 Å². The van der Waals surface area contributed by atoms with Gasteiger partial charge in [0.15, 0.2) is 11.6 Å². The van der Waals surface area contributed by atoms with Crippen LogP contribution in [0.25, 0.3) is 11.1 Å². The summed E-state index contributed by atoms with van der Waals surface area (Å²) in [5.41, 5.74) is 0.121. The smallest absolute Gasteiger partial charge is 0.167 e. The predicted octanol–water partition coefficient (Wildman–Crippen LogP) is 6.83. The third-order valence-corrected chi connectivity index (χ3v) is 5.34. The van der Waals surface area contributed by atoms with Gasteiger partial charge >= 0.3 is 0 Å². The average molecular weight is 392 g/mol. The van der Waals surface area contributed by atoms with E-state index in [2.05, 4.69) is 6.92 Å². The molecule has 2 unspecified atom stereocenters. The molecule has 152 valence electrons. The van der Waals surface area contributed by atoms with Crippen molar-refractivity contribution in [1.29, 1.82) is 0 Å². The molecular weight excluding hydrogens is 365 g/mol. The first-order chi connectivity index (χ1) is 13.5. The Morgan fingerprint density at radius 1 is 1.00 bits per heavy atom. The molecule has 0 amide bonds. The van der Waals surface area contributed by atoms with Gasteiger partial charge in [-0.3, -0.25) is 0 Å². The molecule has 1 heterocycles. The van der Waals surface area contributed by atoms with Crippen molar-refractivity contribution in [3.05, 3.63) is 53.3 Å². The van der Waals surface area contributed by atoms with E-state index in [9.17, 15) is 13.2 Å². The second-order valence-corrected chi connectivity index (χ2v) is 7.31. The molecule has 2 aromatic rings. The van der Waals surface area contributed by atoms with Crippen LogP contribution in [0.4, 0.5) is 13.2 Å². The highest BCUT2D eigenvalue weighted by molar-refractivity contribution is 5.66. The van der Waals surface area contributed by atoms with Crippen LogP contribution in [0.5, 0.6) is 5.75 Å². The van der Waals surface area contributed by atoms with Gasteiger partial charge in [0.05, 0.1) is 19.3 Å². The molecule has 3 rings (SSSR count). The molecule has 2 aromatic carbocycles. The third kappa shape index (κ3) is 4.52. The molecule has 1 aliphatic heterocycles. The molecule has 28 heavy (non-hydrogen) atoms. The molecule has 0 aliphatic carbocycles. The first-order valence-electron chi connectivity index (χ1n) is 10.1. The summed E-state index contributed by atoms with van der Waals surface area (Å²) in [5, 5.41) is 0. The summed E-state index contributed by atoms with van der Waals surface area (Å²) in [7, 11) is 0. The molecule has 2 nitrogen and oxygen atoms in total. The van der Waals surface area contributed by atoms with Crippen LogP contribution in [0.3, 0.4) is 0 Å². The van der Waals surface area contributed by atoms with Gasteiger partial charge in [-0.05, 0) is 44.2 Å². The van der Waals surface area contributed by atoms with Gasteiger partial charge in [-0.25, -0.2) is 13.2 Å². The van der Waals surface area contributed by atoms with Crippen LogP contribution in [0.15, 0.2) is 30.3 Å². The van der Waals surface area contributed by atoms with Crippen LogP contribution in [0.1, 0.15) is 57.6 Å². The number of halogens is 3. The summed E-state index contributed by atoms with van der Waals surface area (Å²) in [4.78, 5) is 0. The summed E-state index contributed by atoms with van der Waals surface area (Å²) in [6.45, 7) is 4.91. The molecule has 0 radical (unpaired) electrons. The van der Waals surface area contributed by atoms with Crippen molar-refractivity contribution in [2.45, 2.75) is 52.1 Å². The van der Waals surface area contributed by atoms with Crippen molar-refractivity contribution in [3.8, 4) is 16.9 Å². The molecule has 0 saturated carbocycles. The van der Waals surface area contributed by atoms with E-state index in [4.69, 9.17) is 9.47 Å². The van der Waals surface area contributed by atoms with E-state index in [0.29, 0.717) is 31.3 Å². The van der Waals surface area contributed by atoms with E-state index >= 15 is 0 Å². The van der Waals surface area contributed by atoms with Gasteiger partial charge in [-0.2, -0.15) is 0 Å². The van der Waals surface area contributed by atoms with E-state index in [1.165, 1.54) is 24.3 Å². The number of hydrogen-bond acceptors (Lipinski definition) is 2. The topological polar surface area (TPSA) is 18.5 Å². The van der Waals surface area contributed by atoms with Crippen LogP contribution in [-0.4, -0.2) is 13.2 Å². The first kappa shape index (κ1) is 20.7. The van der Waals surface area contributed by atoms with Crippen molar-refractivity contribution in [2.75, 3.05) is 13.2 Å². The fraction of sp³-hybridized carbons (Fsp3) is 0.478. The molecule has 1 saturated heterocycles. The van der Waals surface area contributed by atoms with Gasteiger partial charge in [-0.15, -0.1) is 0 Å². The highest BCUT2D eigenvalue weighted by atomic mass is 19.2. The minimum atomic E-state index is -1.04. The second-order valence-electron chi connectivity index (χ2n) is 7.31. The summed E-state index contributed by atoms with van der Waals surface area (Å²) in [6, 6.07) is 7.09. The Balaban J connectivity index is 1.79. The lowest BCUT2D eigenvalue weighted by molar-refractivity contribution is -0.0217.